The highest BCUT2D eigenvalue weighted by Crippen LogP contribution is 2.31. The van der Waals surface area contributed by atoms with Crippen molar-refractivity contribution in [2.75, 3.05) is 6.61 Å². The van der Waals surface area contributed by atoms with Crippen LogP contribution in [0.2, 0.25) is 0 Å². The first kappa shape index (κ1) is 20.0. The van der Waals surface area contributed by atoms with E-state index in [-0.39, 0.29) is 11.2 Å². The summed E-state index contributed by atoms with van der Waals surface area (Å²) in [4.78, 5) is 12.9. The van der Waals surface area contributed by atoms with Crippen LogP contribution in [0.25, 0.3) is 17.0 Å². The molecule has 0 saturated heterocycles. The molecule has 0 aliphatic carbocycles. The predicted molar refractivity (Wildman–Crippen MR) is 122 cm³/mol. The Morgan fingerprint density at radius 2 is 1.77 bits per heavy atom. The minimum Gasteiger partial charge on any atom is -0.489 e. The summed E-state index contributed by atoms with van der Waals surface area (Å²) in [6.07, 6.45) is 3.94. The lowest BCUT2D eigenvalue weighted by atomic mass is 10.2. The summed E-state index contributed by atoms with van der Waals surface area (Å²) in [6.45, 7) is 2.12. The van der Waals surface area contributed by atoms with E-state index in [4.69, 9.17) is 13.9 Å². The molecule has 0 radical (unpaired) electrons. The van der Waals surface area contributed by atoms with Crippen LogP contribution >= 0.6 is 15.9 Å². The van der Waals surface area contributed by atoms with Crippen LogP contribution in [0.5, 0.6) is 17.2 Å². The fourth-order valence-corrected chi connectivity index (χ4v) is 3.37. The molecule has 0 saturated carbocycles. The zero-order valence-electron chi connectivity index (χ0n) is 16.3. The van der Waals surface area contributed by atoms with Crippen molar-refractivity contribution in [2.45, 2.75) is 6.92 Å². The lowest BCUT2D eigenvalue weighted by Gasteiger charge is -2.10. The van der Waals surface area contributed by atoms with Gasteiger partial charge in [-0.25, -0.2) is 0 Å². The lowest BCUT2D eigenvalue weighted by molar-refractivity contribution is 0.363. The van der Waals surface area contributed by atoms with Crippen molar-refractivity contribution in [2.24, 2.45) is 0 Å². The Morgan fingerprint density at radius 1 is 1.00 bits per heavy atom. The number of fused-ring (bicyclic) bond motifs is 1. The SMILES string of the molecule is Cc1oc2cc(OC/C=C/c3ccccc3)ccc2c(=O)c1Oc1ccccc1Br. The number of rotatable bonds is 6. The number of hydrogen-bond donors (Lipinski definition) is 0. The summed E-state index contributed by atoms with van der Waals surface area (Å²) >= 11 is 3.43. The Morgan fingerprint density at radius 3 is 2.57 bits per heavy atom. The van der Waals surface area contributed by atoms with Gasteiger partial charge in [0.15, 0.2) is 0 Å². The highest BCUT2D eigenvalue weighted by Gasteiger charge is 2.15. The van der Waals surface area contributed by atoms with Crippen LogP contribution in [0.1, 0.15) is 11.3 Å². The van der Waals surface area contributed by atoms with Gasteiger partial charge in [0.05, 0.1) is 9.86 Å². The predicted octanol–water partition coefficient (Wildman–Crippen LogP) is 6.75. The normalized spacial score (nSPS) is 11.1. The van der Waals surface area contributed by atoms with E-state index in [2.05, 4.69) is 15.9 Å². The second kappa shape index (κ2) is 9.01. The quantitative estimate of drug-likeness (QED) is 0.318. The molecule has 0 unspecified atom stereocenters. The van der Waals surface area contributed by atoms with Crippen LogP contribution in [0, 0.1) is 6.92 Å². The van der Waals surface area contributed by atoms with Crippen molar-refractivity contribution in [1.29, 1.82) is 0 Å². The number of benzene rings is 3. The average molecular weight is 463 g/mol. The first-order valence-electron chi connectivity index (χ1n) is 9.46. The molecule has 0 aliphatic heterocycles. The summed E-state index contributed by atoms with van der Waals surface area (Å²) < 4.78 is 18.2. The van der Waals surface area contributed by atoms with Crippen molar-refractivity contribution in [3.63, 3.8) is 0 Å². The Hall–Kier alpha value is -3.31. The van der Waals surface area contributed by atoms with Crippen LogP contribution in [0.3, 0.4) is 0 Å². The minimum atomic E-state index is -0.222. The van der Waals surface area contributed by atoms with Crippen LogP contribution in [-0.2, 0) is 0 Å². The second-order valence-electron chi connectivity index (χ2n) is 6.63. The van der Waals surface area contributed by atoms with Crippen molar-refractivity contribution >= 4 is 33.0 Å². The fraction of sp³-hybridized carbons (Fsp3) is 0.0800. The van der Waals surface area contributed by atoms with E-state index in [1.165, 1.54) is 0 Å². The molecule has 5 heteroatoms. The van der Waals surface area contributed by atoms with Gasteiger partial charge in [0.25, 0.3) is 0 Å². The highest BCUT2D eigenvalue weighted by molar-refractivity contribution is 9.10. The largest absolute Gasteiger partial charge is 0.489 e. The Labute approximate surface area is 182 Å². The van der Waals surface area contributed by atoms with E-state index in [0.29, 0.717) is 34.8 Å². The molecule has 1 heterocycles. The molecule has 1 aromatic heterocycles. The van der Waals surface area contributed by atoms with E-state index >= 15 is 0 Å². The molecule has 30 heavy (non-hydrogen) atoms. The van der Waals surface area contributed by atoms with Crippen LogP contribution in [0.15, 0.2) is 92.6 Å². The van der Waals surface area contributed by atoms with Gasteiger partial charge in [0.1, 0.15) is 29.4 Å². The van der Waals surface area contributed by atoms with Crippen LogP contribution in [0.4, 0.5) is 0 Å². The molecule has 0 N–H and O–H groups in total. The molecule has 0 bridgehead atoms. The van der Waals surface area contributed by atoms with Gasteiger partial charge in [-0.05, 0) is 58.8 Å². The van der Waals surface area contributed by atoms with Gasteiger partial charge in [0, 0.05) is 6.07 Å². The maximum absolute atomic E-state index is 12.9. The van der Waals surface area contributed by atoms with Crippen LogP contribution < -0.4 is 14.9 Å². The lowest BCUT2D eigenvalue weighted by Crippen LogP contribution is -2.07. The van der Waals surface area contributed by atoms with Crippen molar-refractivity contribution in [1.82, 2.24) is 0 Å². The smallest absolute Gasteiger partial charge is 0.235 e. The first-order chi connectivity index (χ1) is 14.6. The number of ether oxygens (including phenoxy) is 2. The van der Waals surface area contributed by atoms with E-state index in [0.717, 1.165) is 10.0 Å². The van der Waals surface area contributed by atoms with Crippen molar-refractivity contribution < 1.29 is 13.9 Å². The van der Waals surface area contributed by atoms with Crippen molar-refractivity contribution in [3.05, 3.63) is 105 Å². The molecule has 0 spiro atoms. The van der Waals surface area contributed by atoms with Crippen LogP contribution in [-0.4, -0.2) is 6.61 Å². The topological polar surface area (TPSA) is 48.7 Å². The number of para-hydroxylation sites is 1. The molecule has 0 atom stereocenters. The third-order valence-corrected chi connectivity index (χ3v) is 5.15. The molecule has 0 fully saturated rings. The van der Waals surface area contributed by atoms with Gasteiger partial charge in [-0.15, -0.1) is 0 Å². The van der Waals surface area contributed by atoms with Gasteiger partial charge in [-0.3, -0.25) is 4.79 Å². The van der Waals surface area contributed by atoms with Gasteiger partial charge >= 0.3 is 0 Å². The van der Waals surface area contributed by atoms with E-state index in [9.17, 15) is 4.79 Å². The zero-order valence-corrected chi connectivity index (χ0v) is 17.9. The Balaban J connectivity index is 1.54. The number of hydrogen-bond acceptors (Lipinski definition) is 4. The molecule has 4 rings (SSSR count). The first-order valence-corrected chi connectivity index (χ1v) is 10.3. The Kier molecular flexibility index (Phi) is 6.00. The summed E-state index contributed by atoms with van der Waals surface area (Å²) in [5.74, 6) is 1.76. The Bertz CT molecular complexity index is 1260. The standard InChI is InChI=1S/C25H19BrO4/c1-17-25(30-22-12-6-5-11-21(22)26)24(27)20-14-13-19(16-23(20)29-17)28-15-7-10-18-8-3-2-4-9-18/h2-14,16H,15H2,1H3/b10-7+. The second-order valence-corrected chi connectivity index (χ2v) is 7.49. The zero-order chi connectivity index (χ0) is 20.9. The monoisotopic (exact) mass is 462 g/mol. The maximum atomic E-state index is 12.9. The van der Waals surface area contributed by atoms with Gasteiger partial charge in [-0.2, -0.15) is 0 Å². The summed E-state index contributed by atoms with van der Waals surface area (Å²) in [5, 5.41) is 0.440. The summed E-state index contributed by atoms with van der Waals surface area (Å²) in [7, 11) is 0. The molecular weight excluding hydrogens is 444 g/mol. The van der Waals surface area contributed by atoms with Gasteiger partial charge in [-0.1, -0.05) is 48.5 Å². The minimum absolute atomic E-state index is 0.175. The van der Waals surface area contributed by atoms with Crippen molar-refractivity contribution in [3.8, 4) is 17.2 Å². The molecule has 0 aliphatic rings. The molecular formula is C25H19BrO4. The summed E-state index contributed by atoms with van der Waals surface area (Å²) in [5.41, 5.74) is 1.35. The van der Waals surface area contributed by atoms with E-state index in [1.807, 2.05) is 60.7 Å². The molecule has 3 aromatic carbocycles. The third kappa shape index (κ3) is 4.47. The molecule has 4 nitrogen and oxygen atoms in total. The van der Waals surface area contributed by atoms with E-state index in [1.54, 1.807) is 31.2 Å². The summed E-state index contributed by atoms with van der Waals surface area (Å²) in [6, 6.07) is 22.5. The van der Waals surface area contributed by atoms with Gasteiger partial charge < -0.3 is 13.9 Å². The molecule has 150 valence electrons. The number of halogens is 1. The highest BCUT2D eigenvalue weighted by atomic mass is 79.9. The molecule has 4 aromatic rings. The van der Waals surface area contributed by atoms with E-state index < -0.39 is 0 Å². The number of aryl methyl sites for hydroxylation is 1. The average Bonchev–Trinajstić information content (AvgIpc) is 2.76. The maximum Gasteiger partial charge on any atom is 0.235 e. The third-order valence-electron chi connectivity index (χ3n) is 4.49. The van der Waals surface area contributed by atoms with Gasteiger partial charge in [0.2, 0.25) is 11.2 Å². The molecule has 0 amide bonds. The fourth-order valence-electron chi connectivity index (χ4n) is 3.01.